The molecule has 0 aromatic heterocycles. The number of nitrogens with one attached hydrogen (secondary N) is 1. The van der Waals surface area contributed by atoms with Gasteiger partial charge in [-0.25, -0.2) is 0 Å². The van der Waals surface area contributed by atoms with Gasteiger partial charge in [0.25, 0.3) is 11.8 Å². The van der Waals surface area contributed by atoms with Gasteiger partial charge in [-0.1, -0.05) is 35.3 Å². The Morgan fingerprint density at radius 2 is 1.71 bits per heavy atom. The van der Waals surface area contributed by atoms with Crippen molar-refractivity contribution in [2.75, 3.05) is 13.2 Å². The number of nitrogens with two attached hydrogens (primary N) is 1. The molecule has 0 aliphatic rings. The normalized spacial score (nSPS) is 10.2. The highest BCUT2D eigenvalue weighted by atomic mass is 35.5. The van der Waals surface area contributed by atoms with Gasteiger partial charge in [-0.05, 0) is 42.3 Å². The average molecular weight is 367 g/mol. The molecule has 0 spiro atoms. The number of hydrogen-bond acceptors (Lipinski definition) is 3. The smallest absolute Gasteiger partial charge is 0.257 e. The third kappa shape index (κ3) is 5.44. The van der Waals surface area contributed by atoms with Gasteiger partial charge in [0.15, 0.2) is 6.61 Å². The van der Waals surface area contributed by atoms with Crippen LogP contribution in [0.5, 0.6) is 5.75 Å². The molecule has 126 valence electrons. The second kappa shape index (κ2) is 8.57. The number of ether oxygens (including phenoxy) is 1. The van der Waals surface area contributed by atoms with Crippen molar-refractivity contribution < 1.29 is 14.3 Å². The lowest BCUT2D eigenvalue weighted by Gasteiger charge is -2.10. The number of amides is 2. The van der Waals surface area contributed by atoms with E-state index in [1.54, 1.807) is 12.1 Å². The lowest BCUT2D eigenvalue weighted by molar-refractivity contribution is -0.123. The van der Waals surface area contributed by atoms with E-state index in [-0.39, 0.29) is 23.8 Å². The van der Waals surface area contributed by atoms with Crippen LogP contribution in [0.3, 0.4) is 0 Å². The zero-order chi connectivity index (χ0) is 17.5. The van der Waals surface area contributed by atoms with E-state index in [2.05, 4.69) is 5.32 Å². The van der Waals surface area contributed by atoms with Crippen LogP contribution in [0.1, 0.15) is 15.9 Å². The molecular weight excluding hydrogens is 351 g/mol. The van der Waals surface area contributed by atoms with Crippen molar-refractivity contribution in [1.29, 1.82) is 0 Å². The van der Waals surface area contributed by atoms with Crippen molar-refractivity contribution in [2.24, 2.45) is 5.73 Å². The highest BCUT2D eigenvalue weighted by molar-refractivity contribution is 6.31. The molecule has 2 amide bonds. The Bertz CT molecular complexity index is 733. The summed E-state index contributed by atoms with van der Waals surface area (Å²) in [6.45, 7) is 0.225. The van der Waals surface area contributed by atoms with E-state index in [9.17, 15) is 9.59 Å². The van der Waals surface area contributed by atoms with E-state index in [0.29, 0.717) is 23.0 Å². The molecule has 0 atom stereocenters. The molecule has 0 aliphatic carbocycles. The van der Waals surface area contributed by atoms with E-state index < -0.39 is 5.91 Å². The molecule has 5 nitrogen and oxygen atoms in total. The maximum Gasteiger partial charge on any atom is 0.257 e. The number of hydrogen-bond donors (Lipinski definition) is 2. The Morgan fingerprint density at radius 3 is 2.38 bits per heavy atom. The molecule has 0 saturated carbocycles. The number of carbonyl (C=O) groups excluding carboxylic acids is 2. The molecule has 2 aromatic carbocycles. The maximum absolute atomic E-state index is 11.8. The fourth-order valence-electron chi connectivity index (χ4n) is 2.01. The van der Waals surface area contributed by atoms with Crippen LogP contribution < -0.4 is 15.8 Å². The standard InChI is InChI=1S/C17H16Cl2N2O3/c18-12-3-1-11(2-4-12)7-8-21-16(22)10-24-15-9-13(19)5-6-14(15)17(20)23/h1-6,9H,7-8,10H2,(H2,20,23)(H,21,22). The molecule has 24 heavy (non-hydrogen) atoms. The monoisotopic (exact) mass is 366 g/mol. The zero-order valence-corrected chi connectivity index (χ0v) is 14.2. The molecule has 7 heteroatoms. The van der Waals surface area contributed by atoms with Crippen LogP contribution in [0.2, 0.25) is 10.0 Å². The largest absolute Gasteiger partial charge is 0.483 e. The molecule has 0 saturated heterocycles. The highest BCUT2D eigenvalue weighted by Crippen LogP contribution is 2.23. The van der Waals surface area contributed by atoms with Gasteiger partial charge in [0, 0.05) is 16.6 Å². The minimum atomic E-state index is -0.648. The molecule has 0 unspecified atom stereocenters. The summed E-state index contributed by atoms with van der Waals surface area (Å²) in [7, 11) is 0. The van der Waals surface area contributed by atoms with Gasteiger partial charge >= 0.3 is 0 Å². The van der Waals surface area contributed by atoms with Gasteiger partial charge in [0.05, 0.1) is 5.56 Å². The highest BCUT2D eigenvalue weighted by Gasteiger charge is 2.11. The molecule has 0 fully saturated rings. The van der Waals surface area contributed by atoms with Crippen molar-refractivity contribution in [2.45, 2.75) is 6.42 Å². The Labute approximate surface area is 149 Å². The summed E-state index contributed by atoms with van der Waals surface area (Å²) in [5.74, 6) is -0.771. The van der Waals surface area contributed by atoms with E-state index in [1.807, 2.05) is 12.1 Å². The van der Waals surface area contributed by atoms with Gasteiger partial charge in [-0.15, -0.1) is 0 Å². The summed E-state index contributed by atoms with van der Waals surface area (Å²) in [5, 5.41) is 3.79. The Balaban J connectivity index is 1.82. The van der Waals surface area contributed by atoms with Crippen LogP contribution in [-0.4, -0.2) is 25.0 Å². The molecule has 2 rings (SSSR count). The molecule has 0 heterocycles. The third-order valence-electron chi connectivity index (χ3n) is 3.22. The van der Waals surface area contributed by atoms with Crippen LogP contribution in [0.25, 0.3) is 0 Å². The molecule has 0 aliphatic heterocycles. The summed E-state index contributed by atoms with van der Waals surface area (Å²) in [4.78, 5) is 23.1. The van der Waals surface area contributed by atoms with Crippen LogP contribution in [-0.2, 0) is 11.2 Å². The first-order valence-corrected chi connectivity index (χ1v) is 7.94. The zero-order valence-electron chi connectivity index (χ0n) is 12.7. The topological polar surface area (TPSA) is 81.4 Å². The minimum absolute atomic E-state index is 0.174. The van der Waals surface area contributed by atoms with Gasteiger partial charge in [0.1, 0.15) is 5.75 Å². The Kier molecular flexibility index (Phi) is 6.46. The summed E-state index contributed by atoms with van der Waals surface area (Å²) >= 11 is 11.7. The van der Waals surface area contributed by atoms with Crippen LogP contribution in [0.15, 0.2) is 42.5 Å². The SMILES string of the molecule is NC(=O)c1ccc(Cl)cc1OCC(=O)NCCc1ccc(Cl)cc1. The van der Waals surface area contributed by atoms with Crippen LogP contribution in [0, 0.1) is 0 Å². The van der Waals surface area contributed by atoms with E-state index >= 15 is 0 Å². The van der Waals surface area contributed by atoms with Crippen molar-refractivity contribution in [3.8, 4) is 5.75 Å². The molecular formula is C17H16Cl2N2O3. The Morgan fingerprint density at radius 1 is 1.04 bits per heavy atom. The number of carbonyl (C=O) groups is 2. The molecule has 3 N–H and O–H groups in total. The number of halogens is 2. The number of primary amides is 1. The van der Waals surface area contributed by atoms with E-state index in [1.165, 1.54) is 18.2 Å². The van der Waals surface area contributed by atoms with Crippen molar-refractivity contribution in [1.82, 2.24) is 5.32 Å². The number of rotatable bonds is 7. The lowest BCUT2D eigenvalue weighted by atomic mass is 10.1. The first-order valence-electron chi connectivity index (χ1n) is 7.19. The maximum atomic E-state index is 11.8. The minimum Gasteiger partial charge on any atom is -0.483 e. The van der Waals surface area contributed by atoms with E-state index in [4.69, 9.17) is 33.7 Å². The summed E-state index contributed by atoms with van der Waals surface area (Å²) in [6.07, 6.45) is 0.673. The third-order valence-corrected chi connectivity index (χ3v) is 3.70. The first kappa shape index (κ1) is 18.1. The second-order valence-corrected chi connectivity index (χ2v) is 5.89. The van der Waals surface area contributed by atoms with Gasteiger partial charge in [0.2, 0.25) is 0 Å². The quantitative estimate of drug-likeness (QED) is 0.790. The Hall–Kier alpha value is -2.24. The number of benzene rings is 2. The fraction of sp³-hybridized carbons (Fsp3) is 0.176. The van der Waals surface area contributed by atoms with Gasteiger partial charge < -0.3 is 15.8 Å². The van der Waals surface area contributed by atoms with Crippen molar-refractivity contribution >= 4 is 35.0 Å². The average Bonchev–Trinajstić information content (AvgIpc) is 2.54. The van der Waals surface area contributed by atoms with Crippen LogP contribution >= 0.6 is 23.2 Å². The van der Waals surface area contributed by atoms with Crippen molar-refractivity contribution in [3.05, 3.63) is 63.6 Å². The second-order valence-electron chi connectivity index (χ2n) is 5.02. The summed E-state index contributed by atoms with van der Waals surface area (Å²) in [6, 6.07) is 11.8. The summed E-state index contributed by atoms with van der Waals surface area (Å²) in [5.41, 5.74) is 6.49. The van der Waals surface area contributed by atoms with Crippen LogP contribution in [0.4, 0.5) is 0 Å². The van der Waals surface area contributed by atoms with Crippen molar-refractivity contribution in [3.63, 3.8) is 0 Å². The predicted molar refractivity (Wildman–Crippen MR) is 93.6 cm³/mol. The molecule has 2 aromatic rings. The summed E-state index contributed by atoms with van der Waals surface area (Å²) < 4.78 is 5.34. The predicted octanol–water partition coefficient (Wildman–Crippen LogP) is 2.83. The first-order chi connectivity index (χ1) is 11.5. The fourth-order valence-corrected chi connectivity index (χ4v) is 2.30. The molecule has 0 radical (unpaired) electrons. The lowest BCUT2D eigenvalue weighted by Crippen LogP contribution is -2.31. The van der Waals surface area contributed by atoms with Gasteiger partial charge in [-0.3, -0.25) is 9.59 Å². The van der Waals surface area contributed by atoms with Gasteiger partial charge in [-0.2, -0.15) is 0 Å². The molecule has 0 bridgehead atoms. The van der Waals surface area contributed by atoms with E-state index in [0.717, 1.165) is 5.56 Å².